The predicted octanol–water partition coefficient (Wildman–Crippen LogP) is 4.52. The third-order valence-corrected chi connectivity index (χ3v) is 6.59. The third kappa shape index (κ3) is 3.46. The summed E-state index contributed by atoms with van der Waals surface area (Å²) >= 11 is 3.53. The van der Waals surface area contributed by atoms with Gasteiger partial charge < -0.3 is 9.47 Å². The standard InChI is InChI=1S/C25H21BrN2O5/c1-31-19-13-12-15(14-17(19)26)22-21-23(33-28(22)16-8-4-3-5-9-16)25(30)27(24(21)29)18-10-6-7-11-20(18)32-2/h3-14,21-23H,1-2H3/t21-,22-,23+/m1/s1. The minimum Gasteiger partial charge on any atom is -0.496 e. The first-order valence-electron chi connectivity index (χ1n) is 10.4. The number of halogens is 1. The second-order valence-electron chi connectivity index (χ2n) is 7.74. The van der Waals surface area contributed by atoms with Gasteiger partial charge in [-0.15, -0.1) is 0 Å². The smallest absolute Gasteiger partial charge is 0.266 e. The van der Waals surface area contributed by atoms with Crippen LogP contribution in [0, 0.1) is 5.92 Å². The number of carbonyl (C=O) groups excluding carboxylic acids is 2. The van der Waals surface area contributed by atoms with Gasteiger partial charge in [-0.2, -0.15) is 0 Å². The summed E-state index contributed by atoms with van der Waals surface area (Å²) in [6.07, 6.45) is -0.950. The van der Waals surface area contributed by atoms with Gasteiger partial charge >= 0.3 is 0 Å². The van der Waals surface area contributed by atoms with Gasteiger partial charge in [0.05, 0.1) is 36.1 Å². The molecule has 0 aromatic heterocycles. The van der Waals surface area contributed by atoms with E-state index >= 15 is 0 Å². The van der Waals surface area contributed by atoms with Gasteiger partial charge in [-0.1, -0.05) is 36.4 Å². The van der Waals surface area contributed by atoms with Crippen molar-refractivity contribution >= 4 is 39.1 Å². The van der Waals surface area contributed by atoms with Crippen molar-refractivity contribution in [3.63, 3.8) is 0 Å². The van der Waals surface area contributed by atoms with Crippen molar-refractivity contribution in [2.24, 2.45) is 5.92 Å². The van der Waals surface area contributed by atoms with Crippen molar-refractivity contribution in [2.45, 2.75) is 12.1 Å². The van der Waals surface area contributed by atoms with E-state index in [0.717, 1.165) is 15.7 Å². The second-order valence-corrected chi connectivity index (χ2v) is 8.59. The first kappa shape index (κ1) is 21.5. The summed E-state index contributed by atoms with van der Waals surface area (Å²) in [7, 11) is 3.10. The quantitative estimate of drug-likeness (QED) is 0.472. The highest BCUT2D eigenvalue weighted by Crippen LogP contribution is 2.49. The van der Waals surface area contributed by atoms with Gasteiger partial charge in [-0.3, -0.25) is 14.4 Å². The summed E-state index contributed by atoms with van der Waals surface area (Å²) in [5, 5.41) is 1.67. The van der Waals surface area contributed by atoms with Crippen molar-refractivity contribution in [3.05, 3.63) is 82.8 Å². The molecule has 2 saturated heterocycles. The molecule has 0 spiro atoms. The number of rotatable bonds is 5. The topological polar surface area (TPSA) is 68.3 Å². The number of ether oxygens (including phenoxy) is 2. The van der Waals surface area contributed by atoms with Crippen LogP contribution in [-0.2, 0) is 14.4 Å². The molecule has 2 aliphatic rings. The Kier molecular flexibility index (Phi) is 5.55. The van der Waals surface area contributed by atoms with Crippen LogP contribution in [0.25, 0.3) is 0 Å². The van der Waals surface area contributed by atoms with Gasteiger partial charge in [0.25, 0.3) is 5.91 Å². The predicted molar refractivity (Wildman–Crippen MR) is 126 cm³/mol. The molecule has 2 heterocycles. The van der Waals surface area contributed by atoms with Crippen molar-refractivity contribution < 1.29 is 23.9 Å². The maximum atomic E-state index is 13.7. The largest absolute Gasteiger partial charge is 0.496 e. The Morgan fingerprint density at radius 3 is 2.24 bits per heavy atom. The molecule has 5 rings (SSSR count). The Hall–Kier alpha value is -3.36. The number of para-hydroxylation sites is 3. The van der Waals surface area contributed by atoms with Crippen LogP contribution in [0.2, 0.25) is 0 Å². The fourth-order valence-electron chi connectivity index (χ4n) is 4.47. The van der Waals surface area contributed by atoms with Crippen molar-refractivity contribution in [3.8, 4) is 11.5 Å². The molecular weight excluding hydrogens is 488 g/mol. The van der Waals surface area contributed by atoms with Gasteiger partial charge in [0.1, 0.15) is 17.4 Å². The second kappa shape index (κ2) is 8.53. The van der Waals surface area contributed by atoms with E-state index in [4.69, 9.17) is 14.3 Å². The number of methoxy groups -OCH3 is 2. The van der Waals surface area contributed by atoms with Crippen LogP contribution in [0.5, 0.6) is 11.5 Å². The summed E-state index contributed by atoms with van der Waals surface area (Å²) in [4.78, 5) is 34.6. The number of nitrogens with zero attached hydrogens (tertiary/aromatic N) is 2. The van der Waals surface area contributed by atoms with Gasteiger partial charge in [-0.05, 0) is 57.9 Å². The number of hydrogen-bond donors (Lipinski definition) is 0. The molecule has 3 aromatic carbocycles. The molecule has 0 N–H and O–H groups in total. The SMILES string of the molecule is COc1ccc([C@@H]2[C@H]3C(=O)N(c4ccccc4OC)C(=O)[C@H]3ON2c2ccccc2)cc1Br. The molecule has 0 aliphatic carbocycles. The van der Waals surface area contributed by atoms with E-state index in [1.165, 1.54) is 12.0 Å². The van der Waals surface area contributed by atoms with E-state index in [-0.39, 0.29) is 5.91 Å². The van der Waals surface area contributed by atoms with E-state index in [1.807, 2.05) is 48.5 Å². The summed E-state index contributed by atoms with van der Waals surface area (Å²) in [5.41, 5.74) is 1.99. The number of benzene rings is 3. The summed E-state index contributed by atoms with van der Waals surface area (Å²) in [5.74, 6) is -0.355. The first-order valence-corrected chi connectivity index (χ1v) is 11.2. The highest BCUT2D eigenvalue weighted by molar-refractivity contribution is 9.10. The molecule has 33 heavy (non-hydrogen) atoms. The average Bonchev–Trinajstić information content (AvgIpc) is 3.35. The summed E-state index contributed by atoms with van der Waals surface area (Å²) in [6.45, 7) is 0. The zero-order chi connectivity index (χ0) is 23.1. The maximum absolute atomic E-state index is 13.7. The molecule has 3 atom stereocenters. The minimum atomic E-state index is -0.950. The lowest BCUT2D eigenvalue weighted by molar-refractivity contribution is -0.126. The lowest BCUT2D eigenvalue weighted by Gasteiger charge is -2.29. The number of amides is 2. The van der Waals surface area contributed by atoms with Crippen molar-refractivity contribution in [1.29, 1.82) is 0 Å². The zero-order valence-corrected chi connectivity index (χ0v) is 19.6. The molecule has 2 aliphatic heterocycles. The number of imide groups is 1. The van der Waals surface area contributed by atoms with Crippen LogP contribution in [0.4, 0.5) is 11.4 Å². The monoisotopic (exact) mass is 508 g/mol. The lowest BCUT2D eigenvalue weighted by atomic mass is 9.90. The molecule has 7 nitrogen and oxygen atoms in total. The number of hydroxylamine groups is 1. The third-order valence-electron chi connectivity index (χ3n) is 5.97. The molecule has 2 amide bonds. The van der Waals surface area contributed by atoms with Gasteiger partial charge in [0, 0.05) is 0 Å². The Morgan fingerprint density at radius 1 is 0.848 bits per heavy atom. The van der Waals surface area contributed by atoms with E-state index in [2.05, 4.69) is 15.9 Å². The van der Waals surface area contributed by atoms with Crippen LogP contribution in [0.15, 0.2) is 77.3 Å². The normalized spacial score (nSPS) is 22.0. The molecule has 2 fully saturated rings. The summed E-state index contributed by atoms with van der Waals surface area (Å²) < 4.78 is 11.5. The van der Waals surface area contributed by atoms with Gasteiger partial charge in [-0.25, -0.2) is 9.96 Å². The van der Waals surface area contributed by atoms with E-state index < -0.39 is 24.0 Å². The van der Waals surface area contributed by atoms with Crippen LogP contribution < -0.4 is 19.4 Å². The number of fused-ring (bicyclic) bond motifs is 1. The molecule has 0 saturated carbocycles. The number of hydrogen-bond acceptors (Lipinski definition) is 6. The lowest BCUT2D eigenvalue weighted by Crippen LogP contribution is -2.37. The van der Waals surface area contributed by atoms with E-state index in [9.17, 15) is 9.59 Å². The molecular formula is C25H21BrN2O5. The van der Waals surface area contributed by atoms with Crippen LogP contribution in [-0.4, -0.2) is 32.1 Å². The highest BCUT2D eigenvalue weighted by atomic mass is 79.9. The first-order chi connectivity index (χ1) is 16.0. The molecule has 0 radical (unpaired) electrons. The Balaban J connectivity index is 1.61. The van der Waals surface area contributed by atoms with Crippen LogP contribution in [0.3, 0.4) is 0 Å². The zero-order valence-electron chi connectivity index (χ0n) is 18.0. The molecule has 8 heteroatoms. The fourth-order valence-corrected chi connectivity index (χ4v) is 5.03. The van der Waals surface area contributed by atoms with Crippen molar-refractivity contribution in [2.75, 3.05) is 24.2 Å². The minimum absolute atomic E-state index is 0.329. The maximum Gasteiger partial charge on any atom is 0.266 e. The summed E-state index contributed by atoms with van der Waals surface area (Å²) in [6, 6.07) is 21.5. The highest BCUT2D eigenvalue weighted by Gasteiger charge is 2.60. The van der Waals surface area contributed by atoms with Crippen LogP contribution >= 0.6 is 15.9 Å². The number of carbonyl (C=O) groups is 2. The Labute approximate surface area is 199 Å². The Bertz CT molecular complexity index is 1220. The van der Waals surface area contributed by atoms with Gasteiger partial charge in [0.15, 0.2) is 6.10 Å². The molecule has 0 unspecified atom stereocenters. The van der Waals surface area contributed by atoms with Crippen LogP contribution in [0.1, 0.15) is 11.6 Å². The molecule has 168 valence electrons. The average molecular weight is 509 g/mol. The Morgan fingerprint density at radius 2 is 1.55 bits per heavy atom. The number of anilines is 2. The molecule has 3 aromatic rings. The van der Waals surface area contributed by atoms with Gasteiger partial charge in [0.2, 0.25) is 5.91 Å². The fraction of sp³-hybridized carbons (Fsp3) is 0.200. The van der Waals surface area contributed by atoms with E-state index in [1.54, 1.807) is 36.4 Å². The van der Waals surface area contributed by atoms with E-state index in [0.29, 0.717) is 17.2 Å². The molecule has 0 bridgehead atoms. The van der Waals surface area contributed by atoms with Crippen molar-refractivity contribution in [1.82, 2.24) is 0 Å².